The number of hydrogen-bond acceptors (Lipinski definition) is 10. The van der Waals surface area contributed by atoms with Crippen molar-refractivity contribution < 1.29 is 13.9 Å². The molecule has 0 radical (unpaired) electrons. The Bertz CT molecular complexity index is 1670. The average molecular weight is 516 g/mol. The first-order valence-electron chi connectivity index (χ1n) is 11.6. The van der Waals surface area contributed by atoms with Gasteiger partial charge in [-0.3, -0.25) is 14.6 Å². The van der Waals surface area contributed by atoms with Crippen LogP contribution in [-0.4, -0.2) is 57.1 Å². The maximum atomic E-state index is 13.2. The zero-order valence-corrected chi connectivity index (χ0v) is 20.5. The number of aromatic amines is 1. The molecule has 1 amide bonds. The van der Waals surface area contributed by atoms with Crippen LogP contribution < -0.4 is 15.8 Å². The van der Waals surface area contributed by atoms with Crippen molar-refractivity contribution in [2.24, 2.45) is 0 Å². The van der Waals surface area contributed by atoms with E-state index >= 15 is 0 Å². The summed E-state index contributed by atoms with van der Waals surface area (Å²) in [6, 6.07) is 8.57. The number of H-pyrrole nitrogens is 1. The second-order valence-corrected chi connectivity index (χ2v) is 9.43. The van der Waals surface area contributed by atoms with Gasteiger partial charge in [-0.2, -0.15) is 4.98 Å². The maximum absolute atomic E-state index is 13.2. The van der Waals surface area contributed by atoms with E-state index in [4.69, 9.17) is 19.1 Å². The van der Waals surface area contributed by atoms with Crippen LogP contribution >= 0.6 is 11.3 Å². The van der Waals surface area contributed by atoms with Crippen molar-refractivity contribution in [1.29, 1.82) is 0 Å². The third-order valence-electron chi connectivity index (χ3n) is 5.83. The molecule has 1 fully saturated rings. The molecule has 37 heavy (non-hydrogen) atoms. The number of rotatable bonds is 5. The second kappa shape index (κ2) is 9.56. The lowest BCUT2D eigenvalue weighted by molar-refractivity contribution is 0.102. The van der Waals surface area contributed by atoms with Crippen LogP contribution in [0.1, 0.15) is 16.2 Å². The topological polar surface area (TPSA) is 139 Å². The van der Waals surface area contributed by atoms with E-state index in [2.05, 4.69) is 25.2 Å². The lowest BCUT2D eigenvalue weighted by Gasteiger charge is -2.25. The number of fused-ring (bicyclic) bond motifs is 1. The molecular formula is C25H21N7O4S. The third kappa shape index (κ3) is 4.71. The zero-order chi connectivity index (χ0) is 25.4. The van der Waals surface area contributed by atoms with E-state index in [-0.39, 0.29) is 11.3 Å². The molecule has 0 saturated carbocycles. The molecule has 0 atom stereocenters. The predicted octanol–water partition coefficient (Wildman–Crippen LogP) is 3.49. The van der Waals surface area contributed by atoms with Crippen LogP contribution in [0.3, 0.4) is 0 Å². The number of oxazole rings is 1. The molecule has 12 heteroatoms. The fourth-order valence-corrected chi connectivity index (χ4v) is 5.02. The van der Waals surface area contributed by atoms with E-state index in [1.807, 2.05) is 19.1 Å². The summed E-state index contributed by atoms with van der Waals surface area (Å²) >= 11 is 1.49. The molecule has 6 heterocycles. The van der Waals surface area contributed by atoms with Crippen molar-refractivity contribution in [2.75, 3.05) is 36.5 Å². The van der Waals surface area contributed by atoms with E-state index in [1.165, 1.54) is 29.9 Å². The summed E-state index contributed by atoms with van der Waals surface area (Å²) in [6.07, 6.45) is 4.50. The van der Waals surface area contributed by atoms with Crippen LogP contribution in [0.2, 0.25) is 0 Å². The smallest absolute Gasteiger partial charge is 0.277 e. The van der Waals surface area contributed by atoms with Gasteiger partial charge in [0, 0.05) is 48.4 Å². The molecular weight excluding hydrogens is 494 g/mol. The van der Waals surface area contributed by atoms with Crippen LogP contribution in [0.15, 0.2) is 58.2 Å². The summed E-state index contributed by atoms with van der Waals surface area (Å²) in [5.41, 5.74) is 3.32. The highest BCUT2D eigenvalue weighted by molar-refractivity contribution is 7.22. The number of carbonyl (C=O) groups excluding carboxylic acids is 1. The first-order valence-corrected chi connectivity index (χ1v) is 12.4. The molecule has 2 N–H and O–H groups in total. The van der Waals surface area contributed by atoms with Crippen LogP contribution in [0.4, 0.5) is 10.8 Å². The summed E-state index contributed by atoms with van der Waals surface area (Å²) in [7, 11) is 0. The van der Waals surface area contributed by atoms with Crippen molar-refractivity contribution in [3.63, 3.8) is 0 Å². The quantitative estimate of drug-likeness (QED) is 0.360. The SMILES string of the molecule is Cc1cc(-c2nc(C(=O)Nc3cc4sc(N5CCOCC5)nc4nc3-c3cc[nH]c(=O)c3)co2)ccn1. The van der Waals surface area contributed by atoms with E-state index in [1.54, 1.807) is 18.3 Å². The van der Waals surface area contributed by atoms with Gasteiger partial charge in [-0.25, -0.2) is 9.97 Å². The molecule has 0 unspecified atom stereocenters. The summed E-state index contributed by atoms with van der Waals surface area (Å²) in [4.78, 5) is 47.9. The lowest BCUT2D eigenvalue weighted by atomic mass is 10.1. The number of nitrogens with one attached hydrogen (secondary N) is 2. The number of hydrogen-bond donors (Lipinski definition) is 2. The highest BCUT2D eigenvalue weighted by Crippen LogP contribution is 2.35. The summed E-state index contributed by atoms with van der Waals surface area (Å²) in [5.74, 6) is -0.150. The van der Waals surface area contributed by atoms with Crippen molar-refractivity contribution in [2.45, 2.75) is 6.92 Å². The highest BCUT2D eigenvalue weighted by Gasteiger charge is 2.21. The maximum Gasteiger partial charge on any atom is 0.277 e. The standard InChI is InChI=1S/C25H21N7O4S/c1-14-10-16(3-4-26-14)24-29-18(13-36-24)23(34)28-17-12-19-22(30-21(17)15-2-5-27-20(33)11-15)31-25(37-19)32-6-8-35-9-7-32/h2-5,10-13H,6-9H2,1H3,(H,27,33)(H,28,34). The normalized spacial score (nSPS) is 13.7. The molecule has 0 spiro atoms. The minimum atomic E-state index is -0.467. The molecule has 0 aromatic carbocycles. The monoisotopic (exact) mass is 515 g/mol. The van der Waals surface area contributed by atoms with Gasteiger partial charge in [0.05, 0.1) is 29.3 Å². The minimum Gasteiger partial charge on any atom is -0.444 e. The van der Waals surface area contributed by atoms with Crippen LogP contribution in [0, 0.1) is 6.92 Å². The van der Waals surface area contributed by atoms with E-state index in [0.717, 1.165) is 34.2 Å². The molecule has 5 aromatic rings. The number of aryl methyl sites for hydroxylation is 1. The first-order chi connectivity index (χ1) is 18.0. The van der Waals surface area contributed by atoms with Crippen LogP contribution in [0.5, 0.6) is 0 Å². The fourth-order valence-electron chi connectivity index (χ4n) is 4.02. The van der Waals surface area contributed by atoms with Crippen molar-refractivity contribution in [3.05, 3.63) is 70.7 Å². The van der Waals surface area contributed by atoms with Gasteiger partial charge in [0.15, 0.2) is 16.5 Å². The zero-order valence-electron chi connectivity index (χ0n) is 19.7. The summed E-state index contributed by atoms with van der Waals surface area (Å²) in [5, 5.41) is 3.73. The molecule has 6 rings (SSSR count). The number of thiazole rings is 1. The van der Waals surface area contributed by atoms with Crippen molar-refractivity contribution in [1.82, 2.24) is 24.9 Å². The van der Waals surface area contributed by atoms with Gasteiger partial charge in [0.25, 0.3) is 5.91 Å². The number of nitrogens with zero attached hydrogens (tertiary/aromatic N) is 5. The highest BCUT2D eigenvalue weighted by atomic mass is 32.1. The molecule has 1 aliphatic rings. The van der Waals surface area contributed by atoms with Gasteiger partial charge in [0.1, 0.15) is 6.26 Å². The Morgan fingerprint density at radius 2 is 1.97 bits per heavy atom. The van der Waals surface area contributed by atoms with Gasteiger partial charge in [-0.15, -0.1) is 0 Å². The number of morpholine rings is 1. The summed E-state index contributed by atoms with van der Waals surface area (Å²) in [6.45, 7) is 4.64. The molecule has 1 saturated heterocycles. The van der Waals surface area contributed by atoms with Crippen LogP contribution in [-0.2, 0) is 4.74 Å². The first kappa shape index (κ1) is 23.0. The van der Waals surface area contributed by atoms with E-state index < -0.39 is 5.91 Å². The number of pyridine rings is 3. The predicted molar refractivity (Wildman–Crippen MR) is 139 cm³/mol. The van der Waals surface area contributed by atoms with Gasteiger partial charge >= 0.3 is 0 Å². The largest absolute Gasteiger partial charge is 0.444 e. The second-order valence-electron chi connectivity index (χ2n) is 8.42. The van der Waals surface area contributed by atoms with Gasteiger partial charge < -0.3 is 24.4 Å². The van der Waals surface area contributed by atoms with Gasteiger partial charge in [-0.1, -0.05) is 11.3 Å². The number of carbonyl (C=O) groups is 1. The van der Waals surface area contributed by atoms with Gasteiger partial charge in [-0.05, 0) is 31.2 Å². The molecule has 1 aliphatic heterocycles. The molecule has 186 valence electrons. The molecule has 5 aromatic heterocycles. The number of amides is 1. The van der Waals surface area contributed by atoms with E-state index in [9.17, 15) is 9.59 Å². The lowest BCUT2D eigenvalue weighted by Crippen LogP contribution is -2.36. The van der Waals surface area contributed by atoms with Crippen molar-refractivity contribution in [3.8, 4) is 22.7 Å². The Hall–Kier alpha value is -4.42. The number of anilines is 2. The molecule has 0 bridgehead atoms. The number of ether oxygens (including phenoxy) is 1. The van der Waals surface area contributed by atoms with E-state index in [0.29, 0.717) is 41.7 Å². The average Bonchev–Trinajstić information content (AvgIpc) is 3.56. The summed E-state index contributed by atoms with van der Waals surface area (Å²) < 4.78 is 11.8. The molecule has 0 aliphatic carbocycles. The third-order valence-corrected chi connectivity index (χ3v) is 6.88. The Morgan fingerprint density at radius 1 is 1.11 bits per heavy atom. The fraction of sp³-hybridized carbons (Fsp3) is 0.200. The Balaban J connectivity index is 1.37. The Morgan fingerprint density at radius 3 is 2.78 bits per heavy atom. The Kier molecular flexibility index (Phi) is 5.94. The molecule has 11 nitrogen and oxygen atoms in total. The van der Waals surface area contributed by atoms with Gasteiger partial charge in [0.2, 0.25) is 11.4 Å². The number of aromatic nitrogens is 5. The minimum absolute atomic E-state index is 0.111. The Labute approximate surface area is 214 Å². The van der Waals surface area contributed by atoms with Crippen molar-refractivity contribution >= 4 is 38.4 Å². The van der Waals surface area contributed by atoms with Crippen LogP contribution in [0.25, 0.3) is 33.1 Å².